The van der Waals surface area contributed by atoms with Gasteiger partial charge >= 0.3 is 11.9 Å². The summed E-state index contributed by atoms with van der Waals surface area (Å²) >= 11 is 0. The molecule has 5 nitrogen and oxygen atoms in total. The van der Waals surface area contributed by atoms with Gasteiger partial charge in [0.15, 0.2) is 0 Å². The molecule has 0 radical (unpaired) electrons. The number of unbranched alkanes of at least 4 members (excludes halogenated alkanes) is 1. The molecule has 0 aromatic heterocycles. The summed E-state index contributed by atoms with van der Waals surface area (Å²) in [6, 6.07) is 25.7. The quantitative estimate of drug-likeness (QED) is 0.444. The molecule has 0 unspecified atom stereocenters. The molecule has 3 aromatic rings. The molecule has 0 saturated carbocycles. The predicted octanol–water partition coefficient (Wildman–Crippen LogP) is 4.43. The third-order valence-corrected chi connectivity index (χ3v) is 4.04. The van der Waals surface area contributed by atoms with Crippen molar-refractivity contribution in [1.82, 2.24) is 0 Å². The number of carboxylic acids is 2. The zero-order chi connectivity index (χ0) is 19.5. The maximum atomic E-state index is 9.10. The summed E-state index contributed by atoms with van der Waals surface area (Å²) in [5, 5.41) is 21.0. The smallest absolute Gasteiger partial charge is 0.414 e. The van der Waals surface area contributed by atoms with Crippen molar-refractivity contribution in [3.63, 3.8) is 0 Å². The van der Waals surface area contributed by atoms with Gasteiger partial charge in [0.25, 0.3) is 0 Å². The standard InChI is InChI=1S/C20H21N.C2H2O4/c1-2-13-19(14-3-1)21-16-7-6-10-18-12-8-11-17-9-4-5-15-20(17)18;3-1(4)2(5)6/h1-5,8-9,11-15,21H,6-7,10,16H2;(H,3,4)(H,5,6). The summed E-state index contributed by atoms with van der Waals surface area (Å²) in [5.41, 5.74) is 2.68. The lowest BCUT2D eigenvalue weighted by Crippen LogP contribution is -2.09. The van der Waals surface area contributed by atoms with Gasteiger partial charge in [0.05, 0.1) is 0 Å². The van der Waals surface area contributed by atoms with Crippen molar-refractivity contribution in [3.8, 4) is 0 Å². The van der Waals surface area contributed by atoms with Crippen molar-refractivity contribution >= 4 is 28.4 Å². The lowest BCUT2D eigenvalue weighted by molar-refractivity contribution is -0.159. The minimum absolute atomic E-state index is 1.04. The third kappa shape index (κ3) is 6.82. The number of hydrogen-bond donors (Lipinski definition) is 3. The van der Waals surface area contributed by atoms with E-state index in [-0.39, 0.29) is 0 Å². The number of fused-ring (bicyclic) bond motifs is 1. The first-order valence-electron chi connectivity index (χ1n) is 8.79. The van der Waals surface area contributed by atoms with Crippen LogP contribution in [0.5, 0.6) is 0 Å². The lowest BCUT2D eigenvalue weighted by atomic mass is 10.0. The molecule has 5 heteroatoms. The molecule has 3 N–H and O–H groups in total. The van der Waals surface area contributed by atoms with E-state index in [1.807, 2.05) is 6.07 Å². The highest BCUT2D eigenvalue weighted by molar-refractivity contribution is 6.27. The fraction of sp³-hybridized carbons (Fsp3) is 0.182. The maximum Gasteiger partial charge on any atom is 0.414 e. The van der Waals surface area contributed by atoms with Crippen molar-refractivity contribution < 1.29 is 19.8 Å². The Bertz CT molecular complexity index is 860. The van der Waals surface area contributed by atoms with Crippen molar-refractivity contribution in [3.05, 3.63) is 78.4 Å². The van der Waals surface area contributed by atoms with Crippen LogP contribution in [0.25, 0.3) is 10.8 Å². The second-order valence-corrected chi connectivity index (χ2v) is 6.00. The topological polar surface area (TPSA) is 86.6 Å². The number of benzene rings is 3. The number of carbonyl (C=O) groups is 2. The molecule has 140 valence electrons. The maximum absolute atomic E-state index is 9.10. The van der Waals surface area contributed by atoms with Crippen LogP contribution in [0.4, 0.5) is 5.69 Å². The van der Waals surface area contributed by atoms with E-state index in [1.54, 1.807) is 0 Å². The molecule has 0 heterocycles. The van der Waals surface area contributed by atoms with Crippen LogP contribution >= 0.6 is 0 Å². The monoisotopic (exact) mass is 365 g/mol. The van der Waals surface area contributed by atoms with Gasteiger partial charge in [0.1, 0.15) is 0 Å². The number of anilines is 1. The van der Waals surface area contributed by atoms with Gasteiger partial charge in [0, 0.05) is 12.2 Å². The molecule has 0 aliphatic carbocycles. The fourth-order valence-electron chi connectivity index (χ4n) is 2.74. The SMILES string of the molecule is O=C(O)C(=O)O.c1ccc(NCCCCc2cccc3ccccc23)cc1. The molecule has 0 fully saturated rings. The molecule has 0 amide bonds. The van der Waals surface area contributed by atoms with Crippen molar-refractivity contribution in [1.29, 1.82) is 0 Å². The molecule has 0 bridgehead atoms. The minimum atomic E-state index is -1.82. The average Bonchev–Trinajstić information content (AvgIpc) is 2.69. The van der Waals surface area contributed by atoms with Gasteiger partial charge in [-0.1, -0.05) is 60.7 Å². The highest BCUT2D eigenvalue weighted by atomic mass is 16.4. The zero-order valence-electron chi connectivity index (χ0n) is 15.0. The molecule has 0 atom stereocenters. The Morgan fingerprint density at radius 2 is 1.37 bits per heavy atom. The molecule has 0 aliphatic rings. The second kappa shape index (κ2) is 10.6. The van der Waals surface area contributed by atoms with E-state index >= 15 is 0 Å². The first-order valence-corrected chi connectivity index (χ1v) is 8.79. The van der Waals surface area contributed by atoms with Crippen LogP contribution in [0.2, 0.25) is 0 Å². The summed E-state index contributed by atoms with van der Waals surface area (Å²) < 4.78 is 0. The van der Waals surface area contributed by atoms with Gasteiger partial charge in [-0.3, -0.25) is 0 Å². The molecule has 27 heavy (non-hydrogen) atoms. The van der Waals surface area contributed by atoms with Crippen LogP contribution in [0.3, 0.4) is 0 Å². The van der Waals surface area contributed by atoms with E-state index < -0.39 is 11.9 Å². The van der Waals surface area contributed by atoms with Crippen LogP contribution in [0.1, 0.15) is 18.4 Å². The molecule has 3 rings (SSSR count). The summed E-state index contributed by atoms with van der Waals surface area (Å²) in [6.45, 7) is 1.04. The Morgan fingerprint density at radius 3 is 2.07 bits per heavy atom. The van der Waals surface area contributed by atoms with Crippen molar-refractivity contribution in [2.75, 3.05) is 11.9 Å². The van der Waals surface area contributed by atoms with E-state index in [0.717, 1.165) is 13.0 Å². The van der Waals surface area contributed by atoms with Crippen molar-refractivity contribution in [2.45, 2.75) is 19.3 Å². The number of aliphatic carboxylic acids is 2. The fourth-order valence-corrected chi connectivity index (χ4v) is 2.74. The number of para-hydroxylation sites is 1. The second-order valence-electron chi connectivity index (χ2n) is 6.00. The first kappa shape index (κ1) is 20.0. The van der Waals surface area contributed by atoms with Gasteiger partial charge < -0.3 is 15.5 Å². The average molecular weight is 365 g/mol. The Labute approximate surface area is 158 Å². The molecule has 0 spiro atoms. The van der Waals surface area contributed by atoms with Crippen LogP contribution < -0.4 is 5.32 Å². The molecular formula is C22H23NO4. The molecule has 0 saturated heterocycles. The van der Waals surface area contributed by atoms with E-state index in [9.17, 15) is 0 Å². The Kier molecular flexibility index (Phi) is 7.85. The predicted molar refractivity (Wildman–Crippen MR) is 107 cm³/mol. The Hall–Kier alpha value is -3.34. The number of hydrogen-bond acceptors (Lipinski definition) is 3. The number of nitrogens with one attached hydrogen (secondary N) is 1. The van der Waals surface area contributed by atoms with Crippen LogP contribution in [-0.2, 0) is 16.0 Å². The molecular weight excluding hydrogens is 342 g/mol. The first-order chi connectivity index (χ1) is 13.1. The van der Waals surface area contributed by atoms with Gasteiger partial charge in [-0.25, -0.2) is 9.59 Å². The van der Waals surface area contributed by atoms with Gasteiger partial charge in [-0.2, -0.15) is 0 Å². The van der Waals surface area contributed by atoms with E-state index in [0.29, 0.717) is 0 Å². The lowest BCUT2D eigenvalue weighted by Gasteiger charge is -2.08. The largest absolute Gasteiger partial charge is 0.473 e. The highest BCUT2D eigenvalue weighted by Crippen LogP contribution is 2.20. The van der Waals surface area contributed by atoms with Crippen molar-refractivity contribution in [2.24, 2.45) is 0 Å². The highest BCUT2D eigenvalue weighted by Gasteiger charge is 2.04. The van der Waals surface area contributed by atoms with Gasteiger partial charge in [0.2, 0.25) is 0 Å². The summed E-state index contributed by atoms with van der Waals surface area (Å²) in [7, 11) is 0. The summed E-state index contributed by atoms with van der Waals surface area (Å²) in [5.74, 6) is -3.65. The summed E-state index contributed by atoms with van der Waals surface area (Å²) in [4.78, 5) is 18.2. The number of rotatable bonds is 6. The zero-order valence-corrected chi connectivity index (χ0v) is 15.0. The number of aryl methyl sites for hydroxylation is 1. The number of carboxylic acid groups (broad SMARTS) is 2. The van der Waals surface area contributed by atoms with E-state index in [1.165, 1.54) is 34.9 Å². The minimum Gasteiger partial charge on any atom is -0.473 e. The van der Waals surface area contributed by atoms with Crippen LogP contribution in [0.15, 0.2) is 72.8 Å². The van der Waals surface area contributed by atoms with Crippen LogP contribution in [0, 0.1) is 0 Å². The Morgan fingerprint density at radius 1 is 0.741 bits per heavy atom. The van der Waals surface area contributed by atoms with Gasteiger partial charge in [-0.15, -0.1) is 0 Å². The summed E-state index contributed by atoms with van der Waals surface area (Å²) in [6.07, 6.45) is 3.56. The normalized spacial score (nSPS) is 9.93. The van der Waals surface area contributed by atoms with Gasteiger partial charge in [-0.05, 0) is 47.7 Å². The molecule has 0 aliphatic heterocycles. The Balaban J connectivity index is 0.000000380. The van der Waals surface area contributed by atoms with Crippen LogP contribution in [-0.4, -0.2) is 28.7 Å². The van der Waals surface area contributed by atoms with E-state index in [2.05, 4.69) is 72.0 Å². The van der Waals surface area contributed by atoms with E-state index in [4.69, 9.17) is 19.8 Å². The third-order valence-electron chi connectivity index (χ3n) is 4.04. The molecule has 3 aromatic carbocycles.